The molecule has 4 nitrogen and oxygen atoms in total. The van der Waals surface area contributed by atoms with E-state index in [1.165, 1.54) is 0 Å². The molecule has 18 heavy (non-hydrogen) atoms. The molecule has 1 aromatic rings. The first-order valence-corrected chi connectivity index (χ1v) is 5.85. The molecule has 0 saturated heterocycles. The molecule has 9 heteroatoms. The topological polar surface area (TPSA) is 54.9 Å². The van der Waals surface area contributed by atoms with Gasteiger partial charge in [0.1, 0.15) is 5.01 Å². The van der Waals surface area contributed by atoms with Gasteiger partial charge in [-0.1, -0.05) is 25.2 Å². The van der Waals surface area contributed by atoms with Crippen molar-refractivity contribution in [1.82, 2.24) is 10.2 Å². The summed E-state index contributed by atoms with van der Waals surface area (Å²) in [4.78, 5) is 10.9. The monoisotopic (exact) mass is 285 g/mol. The van der Waals surface area contributed by atoms with E-state index in [-0.39, 0.29) is 11.0 Å². The summed E-state index contributed by atoms with van der Waals surface area (Å²) in [5, 5.41) is 9.06. The zero-order valence-corrected chi connectivity index (χ0v) is 10.4. The molecule has 1 rings (SSSR count). The average Bonchev–Trinajstić information content (AvgIpc) is 2.64. The Hall–Kier alpha value is -1.25. The molecule has 0 radical (unpaired) electrons. The summed E-state index contributed by atoms with van der Waals surface area (Å²) in [7, 11) is 0. The number of hydrogen-bond acceptors (Lipinski definition) is 4. The van der Waals surface area contributed by atoms with E-state index in [2.05, 4.69) is 10.2 Å². The lowest BCUT2D eigenvalue weighted by atomic mass is 10.1. The molecule has 1 amide bonds. The summed E-state index contributed by atoms with van der Waals surface area (Å²) >= 11 is 0.885. The molecule has 0 fully saturated rings. The Kier molecular flexibility index (Phi) is 4.60. The first-order chi connectivity index (χ1) is 8.23. The van der Waals surface area contributed by atoms with Crippen LogP contribution in [-0.2, 0) is 11.2 Å². The summed E-state index contributed by atoms with van der Waals surface area (Å²) < 4.78 is 49.1. The van der Waals surface area contributed by atoms with Crippen molar-refractivity contribution in [3.05, 3.63) is 5.01 Å². The van der Waals surface area contributed by atoms with E-state index in [0.29, 0.717) is 11.4 Å². The van der Waals surface area contributed by atoms with Crippen LogP contribution in [0.25, 0.3) is 0 Å². The molecule has 0 saturated carbocycles. The van der Waals surface area contributed by atoms with E-state index >= 15 is 0 Å². The molecule has 0 aliphatic carbocycles. The molecule has 0 atom stereocenters. The Balaban J connectivity index is 2.68. The SMILES string of the molecule is CC(C)Cc1nnc(NC(=O)C(F)(F)C(F)F)s1. The first kappa shape index (κ1) is 14.8. The fourth-order valence-corrected chi connectivity index (χ4v) is 1.96. The second-order valence-corrected chi connectivity index (χ2v) is 5.04. The molecular weight excluding hydrogens is 274 g/mol. The van der Waals surface area contributed by atoms with Crippen LogP contribution in [0.15, 0.2) is 0 Å². The van der Waals surface area contributed by atoms with Crippen LogP contribution in [0.2, 0.25) is 0 Å². The number of nitrogens with one attached hydrogen (secondary N) is 1. The zero-order valence-electron chi connectivity index (χ0n) is 9.58. The maximum atomic E-state index is 12.6. The third-order valence-electron chi connectivity index (χ3n) is 1.85. The largest absolute Gasteiger partial charge is 0.383 e. The van der Waals surface area contributed by atoms with Gasteiger partial charge in [-0.15, -0.1) is 10.2 Å². The van der Waals surface area contributed by atoms with Crippen LogP contribution in [0.1, 0.15) is 18.9 Å². The molecule has 102 valence electrons. The molecule has 0 aliphatic rings. The van der Waals surface area contributed by atoms with Crippen molar-refractivity contribution in [2.75, 3.05) is 5.32 Å². The third-order valence-corrected chi connectivity index (χ3v) is 2.71. The van der Waals surface area contributed by atoms with Gasteiger partial charge >= 0.3 is 18.3 Å². The Morgan fingerprint density at radius 1 is 1.39 bits per heavy atom. The van der Waals surface area contributed by atoms with Crippen LogP contribution < -0.4 is 5.32 Å². The van der Waals surface area contributed by atoms with Crippen LogP contribution in [0.5, 0.6) is 0 Å². The summed E-state index contributed by atoms with van der Waals surface area (Å²) in [6.07, 6.45) is -3.49. The van der Waals surface area contributed by atoms with Crippen molar-refractivity contribution >= 4 is 22.4 Å². The minimum atomic E-state index is -4.73. The van der Waals surface area contributed by atoms with Crippen molar-refractivity contribution in [3.8, 4) is 0 Å². The Bertz CT molecular complexity index is 422. The van der Waals surface area contributed by atoms with Crippen molar-refractivity contribution < 1.29 is 22.4 Å². The molecule has 1 heterocycles. The van der Waals surface area contributed by atoms with Crippen LogP contribution in [0.4, 0.5) is 22.7 Å². The van der Waals surface area contributed by atoms with Crippen LogP contribution in [-0.4, -0.2) is 28.5 Å². The second kappa shape index (κ2) is 5.59. The number of nitrogens with zero attached hydrogens (tertiary/aromatic N) is 2. The standard InChI is InChI=1S/C9H11F4N3OS/c1-4(2)3-5-15-16-8(18-5)14-7(17)9(12,13)6(10)11/h4,6H,3H2,1-2H3,(H,14,16,17). The van der Waals surface area contributed by atoms with Gasteiger partial charge < -0.3 is 0 Å². The molecule has 0 aromatic carbocycles. The maximum Gasteiger partial charge on any atom is 0.383 e. The highest BCUT2D eigenvalue weighted by Crippen LogP contribution is 2.26. The number of aromatic nitrogens is 2. The van der Waals surface area contributed by atoms with Crippen molar-refractivity contribution in [3.63, 3.8) is 0 Å². The van der Waals surface area contributed by atoms with Crippen molar-refractivity contribution in [2.45, 2.75) is 32.6 Å². The lowest BCUT2D eigenvalue weighted by Crippen LogP contribution is -2.40. The van der Waals surface area contributed by atoms with Gasteiger partial charge in [0.2, 0.25) is 5.13 Å². The smallest absolute Gasteiger partial charge is 0.295 e. The molecule has 1 N–H and O–H groups in total. The average molecular weight is 285 g/mol. The van der Waals surface area contributed by atoms with E-state index in [9.17, 15) is 22.4 Å². The van der Waals surface area contributed by atoms with Gasteiger partial charge in [-0.3, -0.25) is 10.1 Å². The minimum absolute atomic E-state index is 0.212. The minimum Gasteiger partial charge on any atom is -0.295 e. The Morgan fingerprint density at radius 3 is 2.50 bits per heavy atom. The lowest BCUT2D eigenvalue weighted by Gasteiger charge is -2.12. The highest BCUT2D eigenvalue weighted by atomic mass is 32.1. The molecule has 0 unspecified atom stereocenters. The number of alkyl halides is 4. The lowest BCUT2D eigenvalue weighted by molar-refractivity contribution is -0.163. The van der Waals surface area contributed by atoms with E-state index in [0.717, 1.165) is 11.3 Å². The quantitative estimate of drug-likeness (QED) is 0.846. The predicted molar refractivity (Wildman–Crippen MR) is 58.0 cm³/mol. The van der Waals surface area contributed by atoms with Crippen LogP contribution in [0, 0.1) is 5.92 Å². The number of amides is 1. The molecule has 1 aromatic heterocycles. The first-order valence-electron chi connectivity index (χ1n) is 5.03. The van der Waals surface area contributed by atoms with E-state index in [4.69, 9.17) is 0 Å². The fraction of sp³-hybridized carbons (Fsp3) is 0.667. The molecular formula is C9H11F4N3OS. The van der Waals surface area contributed by atoms with Gasteiger partial charge in [0.25, 0.3) is 0 Å². The summed E-state index contributed by atoms with van der Waals surface area (Å²) in [5.74, 6) is -6.53. The van der Waals surface area contributed by atoms with Crippen molar-refractivity contribution in [2.24, 2.45) is 5.92 Å². The van der Waals surface area contributed by atoms with E-state index in [1.54, 1.807) is 5.32 Å². The van der Waals surface area contributed by atoms with Gasteiger partial charge in [0.15, 0.2) is 0 Å². The summed E-state index contributed by atoms with van der Waals surface area (Å²) in [6, 6.07) is 0. The van der Waals surface area contributed by atoms with E-state index < -0.39 is 18.3 Å². The molecule has 0 spiro atoms. The van der Waals surface area contributed by atoms with Gasteiger partial charge in [0.05, 0.1) is 0 Å². The van der Waals surface area contributed by atoms with Gasteiger partial charge in [-0.2, -0.15) is 8.78 Å². The zero-order chi connectivity index (χ0) is 13.9. The number of halogens is 4. The van der Waals surface area contributed by atoms with Gasteiger partial charge in [0, 0.05) is 6.42 Å². The normalized spacial score (nSPS) is 12.2. The number of carbonyl (C=O) groups is 1. The number of anilines is 1. The van der Waals surface area contributed by atoms with Crippen LogP contribution >= 0.6 is 11.3 Å². The van der Waals surface area contributed by atoms with Gasteiger partial charge in [-0.25, -0.2) is 8.78 Å². The van der Waals surface area contributed by atoms with Gasteiger partial charge in [-0.05, 0) is 5.92 Å². The molecule has 0 aliphatic heterocycles. The number of rotatable bonds is 5. The second-order valence-electron chi connectivity index (χ2n) is 3.98. The summed E-state index contributed by atoms with van der Waals surface area (Å²) in [6.45, 7) is 3.84. The fourth-order valence-electron chi connectivity index (χ4n) is 1.02. The van der Waals surface area contributed by atoms with Crippen molar-refractivity contribution in [1.29, 1.82) is 0 Å². The number of carbonyl (C=O) groups excluding carboxylic acids is 1. The highest BCUT2D eigenvalue weighted by molar-refractivity contribution is 7.15. The summed E-state index contributed by atoms with van der Waals surface area (Å²) in [5.41, 5.74) is 0. The van der Waals surface area contributed by atoms with E-state index in [1.807, 2.05) is 13.8 Å². The maximum absolute atomic E-state index is 12.6. The molecule has 0 bridgehead atoms. The Morgan fingerprint density at radius 2 is 2.00 bits per heavy atom. The Labute approximate surface area is 104 Å². The number of hydrogen-bond donors (Lipinski definition) is 1. The third kappa shape index (κ3) is 3.62. The predicted octanol–water partition coefficient (Wildman–Crippen LogP) is 2.58. The van der Waals surface area contributed by atoms with Crippen LogP contribution in [0.3, 0.4) is 0 Å². The highest BCUT2D eigenvalue weighted by Gasteiger charge is 2.49.